The molecule has 0 amide bonds. The van der Waals surface area contributed by atoms with Crippen LogP contribution in [0.5, 0.6) is 0 Å². The molecule has 0 spiro atoms. The molecule has 0 aliphatic heterocycles. The Bertz CT molecular complexity index is 3150. The number of furan rings is 1. The van der Waals surface area contributed by atoms with Crippen LogP contribution in [0.4, 0.5) is 0 Å². The zero-order valence-corrected chi connectivity index (χ0v) is 39.2. The van der Waals surface area contributed by atoms with Crippen LogP contribution in [0.3, 0.4) is 0 Å². The third-order valence-corrected chi connectivity index (χ3v) is 13.2. The van der Waals surface area contributed by atoms with Crippen molar-refractivity contribution < 1.29 is 24.5 Å². The van der Waals surface area contributed by atoms with Crippen LogP contribution < -0.4 is 5.19 Å². The zero-order chi connectivity index (χ0) is 41.6. The van der Waals surface area contributed by atoms with Crippen molar-refractivity contribution in [2.45, 2.75) is 53.8 Å². The molecular formula is C55H49IrN3OSi-2. The zero-order valence-electron chi connectivity index (χ0n) is 35.8. The van der Waals surface area contributed by atoms with Gasteiger partial charge < -0.3 is 14.0 Å². The molecule has 305 valence electrons. The summed E-state index contributed by atoms with van der Waals surface area (Å²) in [6.45, 7) is 16.2. The van der Waals surface area contributed by atoms with Crippen molar-refractivity contribution >= 4 is 57.0 Å². The van der Waals surface area contributed by atoms with E-state index in [9.17, 15) is 0 Å². The Morgan fingerprint density at radius 2 is 1.44 bits per heavy atom. The van der Waals surface area contributed by atoms with Crippen molar-refractivity contribution in [1.29, 1.82) is 0 Å². The van der Waals surface area contributed by atoms with Crippen molar-refractivity contribution in [2.75, 3.05) is 0 Å². The fraction of sp³-hybridized carbons (Fsp3) is 0.164. The summed E-state index contributed by atoms with van der Waals surface area (Å²) in [5, 5.41) is 5.98. The summed E-state index contributed by atoms with van der Waals surface area (Å²) in [6.07, 6.45) is 3.21. The molecule has 4 nitrogen and oxygen atoms in total. The number of benzene rings is 7. The largest absolute Gasteiger partial charge is 0.501 e. The second kappa shape index (κ2) is 16.9. The molecule has 0 atom stereocenters. The fourth-order valence-electron chi connectivity index (χ4n) is 8.32. The normalized spacial score (nSPS) is 11.8. The van der Waals surface area contributed by atoms with Crippen LogP contribution in [0.15, 0.2) is 162 Å². The predicted molar refractivity (Wildman–Crippen MR) is 255 cm³/mol. The first-order chi connectivity index (χ1) is 28.9. The number of aryl methyl sites for hydroxylation is 1. The van der Waals surface area contributed by atoms with E-state index in [1.54, 1.807) is 0 Å². The number of hydrogen-bond donors (Lipinski definition) is 0. The maximum Gasteiger partial charge on any atom is 0.120 e. The molecule has 61 heavy (non-hydrogen) atoms. The van der Waals surface area contributed by atoms with E-state index in [0.29, 0.717) is 0 Å². The molecule has 10 rings (SSSR count). The van der Waals surface area contributed by atoms with Crippen LogP contribution >= 0.6 is 0 Å². The summed E-state index contributed by atoms with van der Waals surface area (Å²) < 4.78 is 8.73. The van der Waals surface area contributed by atoms with Gasteiger partial charge in [0.15, 0.2) is 0 Å². The van der Waals surface area contributed by atoms with E-state index >= 15 is 0 Å². The van der Waals surface area contributed by atoms with Crippen LogP contribution in [0, 0.1) is 24.5 Å². The van der Waals surface area contributed by atoms with Gasteiger partial charge in [-0.15, -0.1) is 53.6 Å². The summed E-state index contributed by atoms with van der Waals surface area (Å²) in [7, 11) is -1.38. The van der Waals surface area contributed by atoms with E-state index in [1.165, 1.54) is 21.7 Å². The van der Waals surface area contributed by atoms with E-state index < -0.39 is 8.07 Å². The molecule has 0 saturated carbocycles. The van der Waals surface area contributed by atoms with E-state index in [2.05, 4.69) is 185 Å². The summed E-state index contributed by atoms with van der Waals surface area (Å²) >= 11 is 0. The second-order valence-electron chi connectivity index (χ2n) is 18.0. The molecule has 1 radical (unpaired) electrons. The van der Waals surface area contributed by atoms with Crippen molar-refractivity contribution in [2.24, 2.45) is 5.41 Å². The molecule has 0 aliphatic rings. The van der Waals surface area contributed by atoms with Crippen LogP contribution in [0.25, 0.3) is 83.2 Å². The first kappa shape index (κ1) is 41.8. The average molecular weight is 988 g/mol. The number of aromatic nitrogens is 3. The summed E-state index contributed by atoms with van der Waals surface area (Å²) in [5.41, 5.74) is 13.0. The van der Waals surface area contributed by atoms with Crippen molar-refractivity contribution in [3.05, 3.63) is 181 Å². The first-order valence-corrected chi connectivity index (χ1v) is 24.3. The van der Waals surface area contributed by atoms with Crippen LogP contribution in [-0.4, -0.2) is 22.6 Å². The van der Waals surface area contributed by atoms with Crippen molar-refractivity contribution in [3.8, 4) is 39.5 Å². The van der Waals surface area contributed by atoms with Crippen molar-refractivity contribution in [1.82, 2.24) is 14.5 Å². The quantitative estimate of drug-likeness (QED) is 0.123. The Labute approximate surface area is 373 Å². The molecule has 0 unspecified atom stereocenters. The molecule has 0 saturated heterocycles. The Kier molecular flexibility index (Phi) is 11.6. The van der Waals surface area contributed by atoms with Crippen LogP contribution in [-0.2, 0) is 26.5 Å². The molecule has 6 heteroatoms. The van der Waals surface area contributed by atoms with Gasteiger partial charge in [-0.05, 0) is 51.9 Å². The maximum atomic E-state index is 6.44. The molecule has 3 aromatic heterocycles. The van der Waals surface area contributed by atoms with Gasteiger partial charge in [0.2, 0.25) is 0 Å². The number of fused-ring (bicyclic) bond motifs is 5. The van der Waals surface area contributed by atoms with Crippen LogP contribution in [0.2, 0.25) is 19.6 Å². The minimum atomic E-state index is -1.38. The topological polar surface area (TPSA) is 43.9 Å². The minimum Gasteiger partial charge on any atom is -0.501 e. The van der Waals surface area contributed by atoms with Crippen molar-refractivity contribution in [3.63, 3.8) is 0 Å². The van der Waals surface area contributed by atoms with E-state index in [1.807, 2.05) is 36.4 Å². The van der Waals surface area contributed by atoms with Crippen LogP contribution in [0.1, 0.15) is 31.9 Å². The Morgan fingerprint density at radius 1 is 0.721 bits per heavy atom. The number of imidazole rings is 1. The molecule has 0 N–H and O–H groups in total. The maximum absolute atomic E-state index is 6.44. The predicted octanol–water partition coefficient (Wildman–Crippen LogP) is 14.2. The van der Waals surface area contributed by atoms with Gasteiger partial charge in [0.1, 0.15) is 5.58 Å². The standard InChI is InChI=1S/C35H21N2O.C20H28NSi.Ir/c1-2-11-23(12-3-1)26-22-21-24-13-4-5-14-25(24)33(26)37-31-19-8-7-18-30(31)36-35(37)29-17-10-16-28-27-15-6-9-20-32(27)38-34(28)29;1-15-8-10-16(11-9-15)18-12-17(13-20(2,3)4)19(14-21-18)22(5,6)7;/h1-16,18-22H;8-10,12,14H,13H2,1-7H3;/q2*-1;. The van der Waals surface area contributed by atoms with Gasteiger partial charge in [0, 0.05) is 42.6 Å². The molecular weight excluding hydrogens is 939 g/mol. The third kappa shape index (κ3) is 8.41. The third-order valence-electron chi connectivity index (χ3n) is 11.1. The van der Waals surface area contributed by atoms with Gasteiger partial charge >= 0.3 is 0 Å². The van der Waals surface area contributed by atoms with E-state index in [4.69, 9.17) is 14.4 Å². The summed E-state index contributed by atoms with van der Waals surface area (Å²) in [4.78, 5) is 9.93. The van der Waals surface area contributed by atoms with Gasteiger partial charge in [-0.1, -0.05) is 167 Å². The first-order valence-electron chi connectivity index (χ1n) is 20.8. The molecule has 0 aliphatic carbocycles. The molecule has 3 heterocycles. The van der Waals surface area contributed by atoms with E-state index in [-0.39, 0.29) is 25.5 Å². The number of para-hydroxylation sites is 3. The van der Waals surface area contributed by atoms with Gasteiger partial charge in [0.05, 0.1) is 36.2 Å². The SMILES string of the molecule is Cc1c[c-]c(-c2cc(CC(C)(C)C)c([Si](C)(C)C)cn2)cc1.[Ir].[c-]1ccc2c(oc3ccccc32)c1-c1nc2ccccc2n1-c1c(-c2ccccc2)ccc2ccccc12. The summed E-state index contributed by atoms with van der Waals surface area (Å²) in [6, 6.07) is 59.5. The van der Waals surface area contributed by atoms with Gasteiger partial charge in [-0.25, -0.2) is 0 Å². The van der Waals surface area contributed by atoms with E-state index in [0.717, 1.165) is 84.2 Å². The minimum absolute atomic E-state index is 0. The molecule has 10 aromatic rings. The van der Waals surface area contributed by atoms with Gasteiger partial charge in [-0.2, -0.15) is 0 Å². The number of nitrogens with zero attached hydrogens (tertiary/aromatic N) is 3. The van der Waals surface area contributed by atoms with Gasteiger partial charge in [0.25, 0.3) is 0 Å². The Balaban J connectivity index is 0.000000192. The Morgan fingerprint density at radius 3 is 2.20 bits per heavy atom. The molecule has 0 fully saturated rings. The number of pyridine rings is 1. The summed E-state index contributed by atoms with van der Waals surface area (Å²) in [5.74, 6) is 0.810. The Hall–Kier alpha value is -5.91. The monoisotopic (exact) mass is 988 g/mol. The second-order valence-corrected chi connectivity index (χ2v) is 23.0. The number of hydrogen-bond acceptors (Lipinski definition) is 3. The van der Waals surface area contributed by atoms with Gasteiger partial charge in [-0.3, -0.25) is 4.98 Å². The smallest absolute Gasteiger partial charge is 0.120 e. The molecule has 0 bridgehead atoms. The fourth-order valence-corrected chi connectivity index (χ4v) is 9.90. The molecule has 7 aromatic carbocycles. The average Bonchev–Trinajstić information content (AvgIpc) is 3.82. The number of rotatable bonds is 6.